The third kappa shape index (κ3) is 2.53. The van der Waals surface area contributed by atoms with Crippen molar-refractivity contribution < 1.29 is 9.90 Å². The molecule has 2 saturated carbocycles. The summed E-state index contributed by atoms with van der Waals surface area (Å²) in [5.74, 6) is 0.921. The second-order valence-corrected chi connectivity index (χ2v) is 8.91. The first-order chi connectivity index (χ1) is 12.4. The van der Waals surface area contributed by atoms with Gasteiger partial charge >= 0.3 is 0 Å². The Hall–Kier alpha value is -1.69. The van der Waals surface area contributed by atoms with Gasteiger partial charge in [0.1, 0.15) is 0 Å². The number of carbonyl (C=O) groups is 1. The number of aliphatic hydroxyl groups is 1. The van der Waals surface area contributed by atoms with Gasteiger partial charge in [-0.15, -0.1) is 5.10 Å². The van der Waals surface area contributed by atoms with Crippen molar-refractivity contribution in [2.45, 2.75) is 58.4 Å². The van der Waals surface area contributed by atoms with Gasteiger partial charge in [0.15, 0.2) is 0 Å². The molecule has 6 heteroatoms. The van der Waals surface area contributed by atoms with Crippen molar-refractivity contribution in [3.8, 4) is 0 Å². The highest BCUT2D eigenvalue weighted by Gasteiger charge is 2.61. The summed E-state index contributed by atoms with van der Waals surface area (Å²) in [7, 11) is 0. The van der Waals surface area contributed by atoms with Crippen LogP contribution in [0.1, 0.15) is 57.7 Å². The number of amides is 1. The fourth-order valence-corrected chi connectivity index (χ4v) is 5.48. The van der Waals surface area contributed by atoms with E-state index in [4.69, 9.17) is 5.11 Å². The number of fused-ring (bicyclic) bond motifs is 2. The summed E-state index contributed by atoms with van der Waals surface area (Å²) in [6.07, 6.45) is 7.41. The fourth-order valence-electron chi connectivity index (χ4n) is 5.48. The van der Waals surface area contributed by atoms with Crippen LogP contribution in [0.3, 0.4) is 0 Å². The molecule has 26 heavy (non-hydrogen) atoms. The number of rotatable bonds is 4. The van der Waals surface area contributed by atoms with E-state index in [1.54, 1.807) is 0 Å². The lowest BCUT2D eigenvalue weighted by molar-refractivity contribution is -0.141. The predicted octanol–water partition coefficient (Wildman–Crippen LogP) is 2.36. The zero-order chi connectivity index (χ0) is 18.5. The van der Waals surface area contributed by atoms with E-state index in [9.17, 15) is 4.79 Å². The minimum atomic E-state index is -0.303. The van der Waals surface area contributed by atoms with Crippen LogP contribution in [0.15, 0.2) is 18.3 Å². The Balaban J connectivity index is 1.42. The number of carbonyl (C=O) groups excluding carboxylic acids is 1. The number of hydrogen-bond donors (Lipinski definition) is 1. The maximum Gasteiger partial charge on any atom is 0.232 e. The van der Waals surface area contributed by atoms with Crippen molar-refractivity contribution in [2.24, 2.45) is 16.7 Å². The third-order valence-corrected chi connectivity index (χ3v) is 7.35. The molecule has 1 amide bonds. The molecule has 2 aliphatic carbocycles. The summed E-state index contributed by atoms with van der Waals surface area (Å²) in [6.45, 7) is 10.5. The van der Waals surface area contributed by atoms with Crippen molar-refractivity contribution in [1.82, 2.24) is 19.9 Å². The summed E-state index contributed by atoms with van der Waals surface area (Å²) < 4.78 is 1.91. The Kier molecular flexibility index (Phi) is 4.21. The van der Waals surface area contributed by atoms with E-state index in [2.05, 4.69) is 35.6 Å². The average molecular weight is 358 g/mol. The molecule has 1 aromatic rings. The Morgan fingerprint density at radius 1 is 1.35 bits per heavy atom. The van der Waals surface area contributed by atoms with Crippen LogP contribution >= 0.6 is 0 Å². The van der Waals surface area contributed by atoms with Crippen LogP contribution in [0.25, 0.3) is 0 Å². The van der Waals surface area contributed by atoms with Gasteiger partial charge in [-0.2, -0.15) is 0 Å². The fraction of sp³-hybridized carbons (Fsp3) is 0.750. The highest BCUT2D eigenvalue weighted by Crippen LogP contribution is 2.66. The van der Waals surface area contributed by atoms with Gasteiger partial charge in [-0.05, 0) is 43.4 Å². The van der Waals surface area contributed by atoms with Crippen molar-refractivity contribution in [1.29, 1.82) is 0 Å². The van der Waals surface area contributed by atoms with E-state index in [0.717, 1.165) is 50.9 Å². The highest BCUT2D eigenvalue weighted by atomic mass is 16.3. The van der Waals surface area contributed by atoms with Gasteiger partial charge in [-0.25, -0.2) is 4.68 Å². The van der Waals surface area contributed by atoms with Gasteiger partial charge in [0.25, 0.3) is 0 Å². The van der Waals surface area contributed by atoms with E-state index in [1.165, 1.54) is 5.57 Å². The SMILES string of the molecule is C=C1C(C)(C)[C@@H]2CC[C@]1(C(=O)N1CCC(n3cc(CCO)nn3)CC1)C2. The number of aromatic nitrogens is 3. The molecule has 1 N–H and O–H groups in total. The first-order valence-electron chi connectivity index (χ1n) is 9.89. The van der Waals surface area contributed by atoms with Crippen LogP contribution in [0.5, 0.6) is 0 Å². The van der Waals surface area contributed by atoms with Crippen molar-refractivity contribution >= 4 is 5.91 Å². The largest absolute Gasteiger partial charge is 0.396 e. The molecule has 3 aliphatic rings. The van der Waals surface area contributed by atoms with E-state index in [1.807, 2.05) is 10.9 Å². The molecule has 2 heterocycles. The molecule has 0 unspecified atom stereocenters. The summed E-state index contributed by atoms with van der Waals surface area (Å²) in [5, 5.41) is 17.3. The predicted molar refractivity (Wildman–Crippen MR) is 98.4 cm³/mol. The van der Waals surface area contributed by atoms with E-state index < -0.39 is 0 Å². The lowest BCUT2D eigenvalue weighted by Crippen LogP contribution is -2.47. The number of hydrogen-bond acceptors (Lipinski definition) is 4. The minimum absolute atomic E-state index is 0.0922. The maximum absolute atomic E-state index is 13.4. The number of piperidine rings is 1. The molecule has 1 saturated heterocycles. The van der Waals surface area contributed by atoms with Crippen LogP contribution in [0.2, 0.25) is 0 Å². The molecule has 1 aliphatic heterocycles. The molecule has 6 nitrogen and oxygen atoms in total. The van der Waals surface area contributed by atoms with Gasteiger partial charge in [-0.3, -0.25) is 4.79 Å². The highest BCUT2D eigenvalue weighted by molar-refractivity contribution is 5.87. The number of likely N-dealkylation sites (tertiary alicyclic amines) is 1. The monoisotopic (exact) mass is 358 g/mol. The van der Waals surface area contributed by atoms with E-state index in [0.29, 0.717) is 18.2 Å². The Morgan fingerprint density at radius 3 is 2.69 bits per heavy atom. The standard InChI is InChI=1S/C20H30N4O2/c1-14-19(2,3)15-4-8-20(14,12-15)18(26)23-9-5-17(6-10-23)24-13-16(7-11-25)21-22-24/h13,15,17,25H,1,4-12H2,2-3H3/t15-,20+/m1/s1. The van der Waals surface area contributed by atoms with Crippen LogP contribution in [0.4, 0.5) is 0 Å². The van der Waals surface area contributed by atoms with Gasteiger partial charge in [-0.1, -0.05) is 31.2 Å². The average Bonchev–Trinajstić information content (AvgIpc) is 3.32. The Labute approximate surface area is 155 Å². The van der Waals surface area contributed by atoms with Gasteiger partial charge in [0, 0.05) is 32.3 Å². The number of nitrogens with zero attached hydrogens (tertiary/aromatic N) is 4. The molecule has 2 bridgehead atoms. The molecule has 4 rings (SSSR count). The van der Waals surface area contributed by atoms with E-state index >= 15 is 0 Å². The Morgan fingerprint density at radius 2 is 2.08 bits per heavy atom. The summed E-state index contributed by atoms with van der Waals surface area (Å²) in [6, 6.07) is 0.288. The van der Waals surface area contributed by atoms with Crippen molar-refractivity contribution in [2.75, 3.05) is 19.7 Å². The number of aliphatic hydroxyl groups excluding tert-OH is 1. The van der Waals surface area contributed by atoms with Crippen molar-refractivity contribution in [3.63, 3.8) is 0 Å². The second kappa shape index (κ2) is 6.19. The zero-order valence-electron chi connectivity index (χ0n) is 15.9. The topological polar surface area (TPSA) is 71.2 Å². The van der Waals surface area contributed by atoms with Crippen LogP contribution in [0, 0.1) is 16.7 Å². The molecule has 0 spiro atoms. The van der Waals surface area contributed by atoms with Gasteiger partial charge < -0.3 is 10.0 Å². The molecular weight excluding hydrogens is 328 g/mol. The smallest absolute Gasteiger partial charge is 0.232 e. The lowest BCUT2D eigenvalue weighted by atomic mass is 9.68. The molecule has 2 atom stereocenters. The first-order valence-corrected chi connectivity index (χ1v) is 9.89. The molecule has 0 radical (unpaired) electrons. The quantitative estimate of drug-likeness (QED) is 0.839. The van der Waals surface area contributed by atoms with Crippen molar-refractivity contribution in [3.05, 3.63) is 24.0 Å². The molecule has 0 aromatic carbocycles. The lowest BCUT2D eigenvalue weighted by Gasteiger charge is -2.41. The van der Waals surface area contributed by atoms with Gasteiger partial charge in [0.05, 0.1) is 17.2 Å². The molecule has 142 valence electrons. The first kappa shape index (κ1) is 17.7. The summed E-state index contributed by atoms with van der Waals surface area (Å²) >= 11 is 0. The normalized spacial score (nSPS) is 31.0. The molecule has 3 fully saturated rings. The van der Waals surface area contributed by atoms with Crippen LogP contribution in [-0.4, -0.2) is 50.6 Å². The minimum Gasteiger partial charge on any atom is -0.396 e. The van der Waals surface area contributed by atoms with E-state index in [-0.39, 0.29) is 23.5 Å². The van der Waals surface area contributed by atoms with Gasteiger partial charge in [0.2, 0.25) is 5.91 Å². The van der Waals surface area contributed by atoms with Crippen LogP contribution in [-0.2, 0) is 11.2 Å². The molecule has 1 aromatic heterocycles. The zero-order valence-corrected chi connectivity index (χ0v) is 15.9. The summed E-state index contributed by atoms with van der Waals surface area (Å²) in [4.78, 5) is 15.5. The summed E-state index contributed by atoms with van der Waals surface area (Å²) in [5.41, 5.74) is 1.78. The third-order valence-electron chi connectivity index (χ3n) is 7.35. The maximum atomic E-state index is 13.4. The Bertz CT molecular complexity index is 717. The second-order valence-electron chi connectivity index (χ2n) is 8.91. The molecular formula is C20H30N4O2. The van der Waals surface area contributed by atoms with Crippen LogP contribution < -0.4 is 0 Å².